The maximum absolute atomic E-state index is 13.6. The molecule has 3 aromatic rings. The van der Waals surface area contributed by atoms with Crippen molar-refractivity contribution in [3.63, 3.8) is 0 Å². The predicted molar refractivity (Wildman–Crippen MR) is 177 cm³/mol. The van der Waals surface area contributed by atoms with E-state index >= 15 is 0 Å². The van der Waals surface area contributed by atoms with Gasteiger partial charge >= 0.3 is 12.0 Å². The number of carbonyl (C=O) groups is 4. The van der Waals surface area contributed by atoms with E-state index < -0.39 is 12.0 Å². The number of carboxylic acid groups (broad SMARTS) is 1. The van der Waals surface area contributed by atoms with Gasteiger partial charge in [0.25, 0.3) is 5.91 Å². The number of likely N-dealkylation sites (N-methyl/N-ethyl adjacent to an activating group) is 1. The SMILES string of the molecule is CCC(C)CCN(C(=O)CNC(=O)Nc1cccc(CC(=O)O)c1)c1ccccc1OCC(=O)N(CC)c1cc(C)cc(C)c1. The van der Waals surface area contributed by atoms with Crippen LogP contribution in [0.3, 0.4) is 0 Å². The topological polar surface area (TPSA) is 128 Å². The van der Waals surface area contributed by atoms with Crippen LogP contribution in [-0.4, -0.2) is 55.2 Å². The summed E-state index contributed by atoms with van der Waals surface area (Å²) in [5.41, 5.74) is 4.40. The summed E-state index contributed by atoms with van der Waals surface area (Å²) in [7, 11) is 0. The fourth-order valence-corrected chi connectivity index (χ4v) is 4.92. The van der Waals surface area contributed by atoms with Gasteiger partial charge in [-0.3, -0.25) is 14.4 Å². The number of aryl methyl sites for hydroxylation is 2. The fourth-order valence-electron chi connectivity index (χ4n) is 4.92. The van der Waals surface area contributed by atoms with Crippen LogP contribution in [0.2, 0.25) is 0 Å². The summed E-state index contributed by atoms with van der Waals surface area (Å²) in [5, 5.41) is 14.3. The molecule has 240 valence electrons. The lowest BCUT2D eigenvalue weighted by molar-refractivity contribution is -0.136. The largest absolute Gasteiger partial charge is 0.482 e. The molecule has 3 N–H and O–H groups in total. The smallest absolute Gasteiger partial charge is 0.319 e. The summed E-state index contributed by atoms with van der Waals surface area (Å²) in [6.07, 6.45) is 1.51. The van der Waals surface area contributed by atoms with Crippen LogP contribution in [0.25, 0.3) is 0 Å². The summed E-state index contributed by atoms with van der Waals surface area (Å²) in [5.74, 6) is -0.779. The number of amides is 4. The van der Waals surface area contributed by atoms with Gasteiger partial charge in [0.1, 0.15) is 5.75 Å². The second kappa shape index (κ2) is 16.8. The lowest BCUT2D eigenvalue weighted by atomic mass is 10.0. The maximum Gasteiger partial charge on any atom is 0.319 e. The number of carboxylic acids is 1. The Hall–Kier alpha value is -4.86. The Morgan fingerprint density at radius 1 is 0.889 bits per heavy atom. The summed E-state index contributed by atoms with van der Waals surface area (Å²) in [4.78, 5) is 53.8. The third kappa shape index (κ3) is 10.7. The van der Waals surface area contributed by atoms with Crippen molar-refractivity contribution in [1.82, 2.24) is 5.32 Å². The van der Waals surface area contributed by atoms with E-state index in [0.717, 1.165) is 29.7 Å². The molecular weight excluding hydrogens is 572 g/mol. The second-order valence-electron chi connectivity index (χ2n) is 11.2. The van der Waals surface area contributed by atoms with Crippen LogP contribution in [0, 0.1) is 19.8 Å². The number of para-hydroxylation sites is 2. The highest BCUT2D eigenvalue weighted by atomic mass is 16.5. The number of hydrogen-bond acceptors (Lipinski definition) is 5. The predicted octanol–water partition coefficient (Wildman–Crippen LogP) is 5.95. The Kier molecular flexibility index (Phi) is 13.0. The van der Waals surface area contributed by atoms with E-state index in [0.29, 0.717) is 41.7 Å². The summed E-state index contributed by atoms with van der Waals surface area (Å²) < 4.78 is 6.04. The number of urea groups is 1. The van der Waals surface area contributed by atoms with Gasteiger partial charge in [-0.15, -0.1) is 0 Å². The first-order valence-corrected chi connectivity index (χ1v) is 15.3. The molecule has 0 saturated carbocycles. The van der Waals surface area contributed by atoms with Gasteiger partial charge in [0.05, 0.1) is 18.7 Å². The molecule has 1 atom stereocenters. The molecule has 0 spiro atoms. The summed E-state index contributed by atoms with van der Waals surface area (Å²) in [6.45, 7) is 10.5. The van der Waals surface area contributed by atoms with Crippen LogP contribution in [0.4, 0.5) is 21.9 Å². The normalized spacial score (nSPS) is 11.3. The highest BCUT2D eigenvalue weighted by Crippen LogP contribution is 2.29. The van der Waals surface area contributed by atoms with Crippen molar-refractivity contribution in [2.45, 2.75) is 53.9 Å². The lowest BCUT2D eigenvalue weighted by Gasteiger charge is -2.27. The van der Waals surface area contributed by atoms with Crippen LogP contribution in [-0.2, 0) is 20.8 Å². The number of carbonyl (C=O) groups excluding carboxylic acids is 3. The van der Waals surface area contributed by atoms with E-state index in [2.05, 4.69) is 30.5 Å². The van der Waals surface area contributed by atoms with Crippen molar-refractivity contribution in [2.24, 2.45) is 5.92 Å². The van der Waals surface area contributed by atoms with E-state index in [1.165, 1.54) is 0 Å². The average Bonchev–Trinajstić information content (AvgIpc) is 2.99. The quantitative estimate of drug-likeness (QED) is 0.194. The first-order chi connectivity index (χ1) is 21.5. The van der Waals surface area contributed by atoms with Gasteiger partial charge in [-0.05, 0) is 86.2 Å². The number of benzene rings is 3. The second-order valence-corrected chi connectivity index (χ2v) is 11.2. The van der Waals surface area contributed by atoms with Gasteiger partial charge < -0.3 is 30.3 Å². The molecule has 4 amide bonds. The molecule has 0 radical (unpaired) electrons. The number of nitrogens with one attached hydrogen (secondary N) is 2. The number of aliphatic carboxylic acids is 1. The third-order valence-corrected chi connectivity index (χ3v) is 7.43. The molecule has 0 heterocycles. The van der Waals surface area contributed by atoms with Gasteiger partial charge in [0.15, 0.2) is 6.61 Å². The molecule has 1 unspecified atom stereocenters. The van der Waals surface area contributed by atoms with E-state index in [9.17, 15) is 19.2 Å². The van der Waals surface area contributed by atoms with E-state index in [1.54, 1.807) is 58.3 Å². The van der Waals surface area contributed by atoms with Crippen LogP contribution in [0.15, 0.2) is 66.7 Å². The molecule has 3 aromatic carbocycles. The maximum atomic E-state index is 13.6. The monoisotopic (exact) mass is 616 g/mol. The van der Waals surface area contributed by atoms with Crippen molar-refractivity contribution in [1.29, 1.82) is 0 Å². The zero-order valence-electron chi connectivity index (χ0n) is 26.8. The summed E-state index contributed by atoms with van der Waals surface area (Å²) in [6, 6.07) is 19.0. The number of anilines is 3. The average molecular weight is 617 g/mol. The minimum Gasteiger partial charge on any atom is -0.482 e. The highest BCUT2D eigenvalue weighted by molar-refractivity contribution is 6.00. The van der Waals surface area contributed by atoms with Crippen LogP contribution in [0.1, 0.15) is 50.3 Å². The molecule has 45 heavy (non-hydrogen) atoms. The van der Waals surface area contributed by atoms with E-state index in [-0.39, 0.29) is 31.4 Å². The molecular formula is C35H44N4O6. The zero-order chi connectivity index (χ0) is 32.9. The molecule has 0 aliphatic rings. The molecule has 0 aromatic heterocycles. The van der Waals surface area contributed by atoms with Crippen molar-refractivity contribution >= 4 is 40.9 Å². The molecule has 0 saturated heterocycles. The van der Waals surface area contributed by atoms with Gasteiger partial charge in [-0.1, -0.05) is 50.6 Å². The Balaban J connectivity index is 1.73. The molecule has 10 nitrogen and oxygen atoms in total. The van der Waals surface area contributed by atoms with Gasteiger partial charge in [-0.25, -0.2) is 4.79 Å². The number of ether oxygens (including phenoxy) is 1. The Labute approximate surface area is 265 Å². The molecule has 10 heteroatoms. The zero-order valence-corrected chi connectivity index (χ0v) is 26.8. The highest BCUT2D eigenvalue weighted by Gasteiger charge is 2.22. The number of hydrogen-bond donors (Lipinski definition) is 3. The first-order valence-electron chi connectivity index (χ1n) is 15.3. The molecule has 3 rings (SSSR count). The Bertz CT molecular complexity index is 1470. The van der Waals surface area contributed by atoms with E-state index in [4.69, 9.17) is 9.84 Å². The Morgan fingerprint density at radius 2 is 1.60 bits per heavy atom. The number of nitrogens with zero attached hydrogens (tertiary/aromatic N) is 2. The minimum absolute atomic E-state index is 0.171. The van der Waals surface area contributed by atoms with Gasteiger partial charge in [-0.2, -0.15) is 0 Å². The van der Waals surface area contributed by atoms with Crippen molar-refractivity contribution in [2.75, 3.05) is 41.4 Å². The molecule has 0 aliphatic heterocycles. The number of rotatable bonds is 15. The van der Waals surface area contributed by atoms with E-state index in [1.807, 2.05) is 32.9 Å². The van der Waals surface area contributed by atoms with Gasteiger partial charge in [0.2, 0.25) is 5.91 Å². The Morgan fingerprint density at radius 3 is 2.27 bits per heavy atom. The molecule has 0 fully saturated rings. The van der Waals surface area contributed by atoms with Crippen LogP contribution >= 0.6 is 0 Å². The van der Waals surface area contributed by atoms with Crippen LogP contribution in [0.5, 0.6) is 5.75 Å². The standard InChI is InChI=1S/C35H44N4O6/c1-6-24(3)15-16-39(32(40)22-36-35(44)37-28-12-10-11-27(20-28)21-34(42)43)30-13-8-9-14-31(30)45-23-33(41)38(7-2)29-18-25(4)17-26(5)19-29/h8-14,17-20,24H,6-7,15-16,21-23H2,1-5H3,(H,42,43)(H2,36,37,44). The summed E-state index contributed by atoms with van der Waals surface area (Å²) >= 11 is 0. The van der Waals surface area contributed by atoms with Gasteiger partial charge in [0, 0.05) is 24.5 Å². The molecule has 0 aliphatic carbocycles. The first kappa shape index (κ1) is 34.6. The lowest BCUT2D eigenvalue weighted by Crippen LogP contribution is -2.42. The van der Waals surface area contributed by atoms with Crippen molar-refractivity contribution < 1.29 is 29.0 Å². The van der Waals surface area contributed by atoms with Crippen molar-refractivity contribution in [3.05, 3.63) is 83.4 Å². The minimum atomic E-state index is -0.975. The van der Waals surface area contributed by atoms with Crippen LogP contribution < -0.4 is 25.2 Å². The van der Waals surface area contributed by atoms with Crippen molar-refractivity contribution in [3.8, 4) is 5.75 Å². The third-order valence-electron chi connectivity index (χ3n) is 7.43. The fraction of sp³-hybridized carbons (Fsp3) is 0.371. The molecule has 0 bridgehead atoms.